The summed E-state index contributed by atoms with van der Waals surface area (Å²) in [6.07, 6.45) is 13.1. The molecule has 1 N–H and O–H groups in total. The number of allylic oxidation sites excluding steroid dienone is 1. The van der Waals surface area contributed by atoms with Gasteiger partial charge in [0.1, 0.15) is 5.69 Å². The summed E-state index contributed by atoms with van der Waals surface area (Å²) in [6.45, 7) is 11.4. The van der Waals surface area contributed by atoms with Gasteiger partial charge in [0, 0.05) is 13.1 Å². The maximum Gasteiger partial charge on any atom is 0.179 e. The molecule has 4 saturated carbocycles. The van der Waals surface area contributed by atoms with E-state index in [0.717, 1.165) is 49.0 Å². The van der Waals surface area contributed by atoms with Crippen molar-refractivity contribution in [2.75, 3.05) is 0 Å². The molecule has 8 atom stereocenters. The van der Waals surface area contributed by atoms with E-state index in [4.69, 9.17) is 0 Å². The summed E-state index contributed by atoms with van der Waals surface area (Å²) in [7, 11) is 0. The Hall–Kier alpha value is -1.42. The second kappa shape index (κ2) is 7.57. The van der Waals surface area contributed by atoms with Gasteiger partial charge in [0.15, 0.2) is 5.78 Å². The van der Waals surface area contributed by atoms with Crippen molar-refractivity contribution in [2.45, 2.75) is 90.7 Å². The second-order valence-corrected chi connectivity index (χ2v) is 12.0. The number of carbonyl (C=O) groups excluding carboxylic acids is 1. The zero-order valence-electron chi connectivity index (χ0n) is 19.6. The third-order valence-electron chi connectivity index (χ3n) is 10.1. The first-order valence-electron chi connectivity index (χ1n) is 12.6. The highest BCUT2D eigenvalue weighted by Crippen LogP contribution is 2.65. The van der Waals surface area contributed by atoms with E-state index in [1.807, 2.05) is 16.9 Å². The van der Waals surface area contributed by atoms with Crippen LogP contribution < -0.4 is 0 Å². The molecule has 0 spiro atoms. The summed E-state index contributed by atoms with van der Waals surface area (Å²) in [4.78, 5) is 11.6. The van der Waals surface area contributed by atoms with Gasteiger partial charge in [-0.15, -0.1) is 0 Å². The number of Topliss-reactive ketones (excluding diaryl/α,β-unsaturated/α-hetero) is 1. The van der Waals surface area contributed by atoms with Gasteiger partial charge in [-0.3, -0.25) is 9.48 Å². The van der Waals surface area contributed by atoms with Gasteiger partial charge >= 0.3 is 0 Å². The molecule has 0 aromatic carbocycles. The van der Waals surface area contributed by atoms with Crippen molar-refractivity contribution < 1.29 is 9.90 Å². The van der Waals surface area contributed by atoms with Crippen LogP contribution in [0.2, 0.25) is 0 Å². The molecule has 0 unspecified atom stereocenters. The molecule has 1 aromatic heterocycles. The first kappa shape index (κ1) is 21.4. The fourth-order valence-electron chi connectivity index (χ4n) is 8.71. The van der Waals surface area contributed by atoms with Crippen LogP contribution in [0, 0.1) is 40.9 Å². The molecule has 31 heavy (non-hydrogen) atoms. The summed E-state index contributed by atoms with van der Waals surface area (Å²) in [5, 5.41) is 15.1. The molecule has 4 fully saturated rings. The molecule has 0 aliphatic heterocycles. The third kappa shape index (κ3) is 3.63. The number of aromatic nitrogens is 2. The Bertz CT molecular complexity index is 870. The van der Waals surface area contributed by atoms with E-state index >= 15 is 0 Å². The highest BCUT2D eigenvalue weighted by molar-refractivity contribution is 5.91. The van der Waals surface area contributed by atoms with Crippen molar-refractivity contribution in [2.24, 2.45) is 40.9 Å². The SMILES string of the molecule is C=C(Cn1ccc(C(C)=O)n1)[C@H]1CC[C@H]2[C@@H]3CC[C@H]4C[C@](C)(O)CC[C@@H]4[C@H]3CC[C@]12C. The predicted octanol–water partition coefficient (Wildman–Crippen LogP) is 5.66. The molecule has 4 nitrogen and oxygen atoms in total. The summed E-state index contributed by atoms with van der Waals surface area (Å²) in [6, 6.07) is 1.82. The minimum absolute atomic E-state index is 0.0235. The molecule has 4 aliphatic carbocycles. The molecule has 1 heterocycles. The van der Waals surface area contributed by atoms with Gasteiger partial charge in [-0.05, 0) is 112 Å². The van der Waals surface area contributed by atoms with Gasteiger partial charge < -0.3 is 5.11 Å². The van der Waals surface area contributed by atoms with Crippen LogP contribution in [-0.2, 0) is 6.54 Å². The summed E-state index contributed by atoms with van der Waals surface area (Å²) >= 11 is 0. The Labute approximate surface area is 187 Å². The lowest BCUT2D eigenvalue weighted by Crippen LogP contribution is -2.50. The van der Waals surface area contributed by atoms with E-state index in [9.17, 15) is 9.90 Å². The molecule has 170 valence electrons. The van der Waals surface area contributed by atoms with E-state index < -0.39 is 5.60 Å². The standard InChI is InChI=1S/C27H40N2O2/c1-17(16-29-14-11-25(28-29)18(2)30)23-7-8-24-22-6-5-19-15-26(3,31)12-9-20(19)21(22)10-13-27(23,24)4/h11,14,19-24,31H,1,5-10,12-13,15-16H2,2-4H3/t19-,20-,21+,22+,23+,24-,26+,27+/m0/s1. The fourth-order valence-corrected chi connectivity index (χ4v) is 8.71. The third-order valence-corrected chi connectivity index (χ3v) is 10.1. The molecule has 4 aliphatic rings. The highest BCUT2D eigenvalue weighted by Gasteiger charge is 2.57. The van der Waals surface area contributed by atoms with Gasteiger partial charge in [-0.2, -0.15) is 5.10 Å². The van der Waals surface area contributed by atoms with Crippen LogP contribution in [0.25, 0.3) is 0 Å². The van der Waals surface area contributed by atoms with E-state index in [1.54, 1.807) is 6.92 Å². The quantitative estimate of drug-likeness (QED) is 0.501. The van der Waals surface area contributed by atoms with Crippen LogP contribution in [0.3, 0.4) is 0 Å². The largest absolute Gasteiger partial charge is 0.390 e. The maximum absolute atomic E-state index is 11.6. The number of ketones is 1. The molecular weight excluding hydrogens is 384 g/mol. The Morgan fingerprint density at radius 2 is 1.90 bits per heavy atom. The number of aliphatic hydroxyl groups is 1. The van der Waals surface area contributed by atoms with Crippen LogP contribution >= 0.6 is 0 Å². The van der Waals surface area contributed by atoms with Crippen LogP contribution in [0.1, 0.15) is 89.0 Å². The average molecular weight is 425 g/mol. The Balaban J connectivity index is 1.29. The first-order valence-corrected chi connectivity index (χ1v) is 12.6. The van der Waals surface area contributed by atoms with Gasteiger partial charge in [0.2, 0.25) is 0 Å². The first-order chi connectivity index (χ1) is 14.7. The topological polar surface area (TPSA) is 55.1 Å². The molecule has 0 bridgehead atoms. The minimum Gasteiger partial charge on any atom is -0.390 e. The van der Waals surface area contributed by atoms with Gasteiger partial charge in [-0.1, -0.05) is 19.1 Å². The number of hydrogen-bond acceptors (Lipinski definition) is 3. The van der Waals surface area contributed by atoms with Crippen molar-refractivity contribution in [1.29, 1.82) is 0 Å². The number of hydrogen-bond donors (Lipinski definition) is 1. The molecule has 5 rings (SSSR count). The van der Waals surface area contributed by atoms with Gasteiger partial charge in [0.05, 0.1) is 12.1 Å². The lowest BCUT2D eigenvalue weighted by molar-refractivity contribution is -0.0979. The Morgan fingerprint density at radius 3 is 2.65 bits per heavy atom. The number of rotatable bonds is 4. The lowest BCUT2D eigenvalue weighted by Gasteiger charge is -2.57. The van der Waals surface area contributed by atoms with Crippen LogP contribution in [-0.4, -0.2) is 26.3 Å². The van der Waals surface area contributed by atoms with Crippen molar-refractivity contribution >= 4 is 5.78 Å². The van der Waals surface area contributed by atoms with E-state index in [0.29, 0.717) is 17.0 Å². The van der Waals surface area contributed by atoms with Crippen LogP contribution in [0.5, 0.6) is 0 Å². The van der Waals surface area contributed by atoms with Crippen LogP contribution in [0.15, 0.2) is 24.4 Å². The minimum atomic E-state index is -0.428. The maximum atomic E-state index is 11.6. The van der Waals surface area contributed by atoms with Gasteiger partial charge in [0.25, 0.3) is 0 Å². The molecule has 0 amide bonds. The monoisotopic (exact) mass is 424 g/mol. The molecular formula is C27H40N2O2. The lowest BCUT2D eigenvalue weighted by atomic mass is 9.49. The zero-order valence-corrected chi connectivity index (χ0v) is 19.6. The van der Waals surface area contributed by atoms with Crippen molar-refractivity contribution in [3.63, 3.8) is 0 Å². The van der Waals surface area contributed by atoms with E-state index in [1.165, 1.54) is 50.5 Å². The van der Waals surface area contributed by atoms with Crippen LogP contribution in [0.4, 0.5) is 0 Å². The second-order valence-electron chi connectivity index (χ2n) is 12.0. The Morgan fingerprint density at radius 1 is 1.13 bits per heavy atom. The number of nitrogens with zero attached hydrogens (tertiary/aromatic N) is 2. The molecule has 4 heteroatoms. The van der Waals surface area contributed by atoms with Crippen molar-refractivity contribution in [3.05, 3.63) is 30.1 Å². The van der Waals surface area contributed by atoms with E-state index in [2.05, 4.69) is 25.5 Å². The smallest absolute Gasteiger partial charge is 0.179 e. The summed E-state index contributed by atoms with van der Waals surface area (Å²) in [5.41, 5.74) is 1.78. The molecule has 0 saturated heterocycles. The van der Waals surface area contributed by atoms with Crippen molar-refractivity contribution in [1.82, 2.24) is 9.78 Å². The Kier molecular flexibility index (Phi) is 5.23. The number of carbonyl (C=O) groups is 1. The van der Waals surface area contributed by atoms with Crippen molar-refractivity contribution in [3.8, 4) is 0 Å². The molecule has 0 radical (unpaired) electrons. The normalized spacial score (nSPS) is 44.3. The van der Waals surface area contributed by atoms with Gasteiger partial charge in [-0.25, -0.2) is 0 Å². The zero-order chi connectivity index (χ0) is 22.0. The average Bonchev–Trinajstić information content (AvgIpc) is 3.31. The summed E-state index contributed by atoms with van der Waals surface area (Å²) in [5.74, 6) is 4.75. The summed E-state index contributed by atoms with van der Waals surface area (Å²) < 4.78 is 1.90. The molecule has 1 aromatic rings. The van der Waals surface area contributed by atoms with E-state index in [-0.39, 0.29) is 5.78 Å². The number of fused-ring (bicyclic) bond motifs is 5. The predicted molar refractivity (Wildman–Crippen MR) is 123 cm³/mol. The highest BCUT2D eigenvalue weighted by atomic mass is 16.3. The fraction of sp³-hybridized carbons (Fsp3) is 0.778.